The number of aromatic nitrogens is 2. The molecule has 0 unspecified atom stereocenters. The summed E-state index contributed by atoms with van der Waals surface area (Å²) in [5.74, 6) is -0.241. The zero-order valence-corrected chi connectivity index (χ0v) is 11.2. The molecule has 2 N–H and O–H groups in total. The van der Waals surface area contributed by atoms with Crippen molar-refractivity contribution >= 4 is 17.5 Å². The van der Waals surface area contributed by atoms with Gasteiger partial charge in [0.1, 0.15) is 11.6 Å². The number of benzene rings is 1. The number of nitrogens with zero attached hydrogens (tertiary/aromatic N) is 2. The highest BCUT2D eigenvalue weighted by atomic mass is 19.1. The first-order valence-electron chi connectivity index (χ1n) is 6.22. The van der Waals surface area contributed by atoms with Crippen LogP contribution in [0.15, 0.2) is 36.4 Å². The van der Waals surface area contributed by atoms with Crippen LogP contribution in [0.2, 0.25) is 0 Å². The van der Waals surface area contributed by atoms with E-state index in [1.165, 1.54) is 18.2 Å². The van der Waals surface area contributed by atoms with Crippen molar-refractivity contribution < 1.29 is 9.18 Å². The van der Waals surface area contributed by atoms with Gasteiger partial charge >= 0.3 is 0 Å². The monoisotopic (exact) mass is 274 g/mol. The predicted molar refractivity (Wildman–Crippen MR) is 75.1 cm³/mol. The molecule has 2 rings (SSSR count). The van der Waals surface area contributed by atoms with Crippen LogP contribution < -0.4 is 10.6 Å². The van der Waals surface area contributed by atoms with Crippen molar-refractivity contribution in [3.05, 3.63) is 47.8 Å². The van der Waals surface area contributed by atoms with Gasteiger partial charge in [0, 0.05) is 6.04 Å². The van der Waals surface area contributed by atoms with Crippen molar-refractivity contribution in [3.63, 3.8) is 0 Å². The van der Waals surface area contributed by atoms with Crippen LogP contribution >= 0.6 is 0 Å². The van der Waals surface area contributed by atoms with Gasteiger partial charge in [0.2, 0.25) is 0 Å². The quantitative estimate of drug-likeness (QED) is 0.899. The Bertz CT molecular complexity index is 598. The van der Waals surface area contributed by atoms with Crippen LogP contribution in [-0.2, 0) is 0 Å². The van der Waals surface area contributed by atoms with Gasteiger partial charge in [0.25, 0.3) is 5.91 Å². The van der Waals surface area contributed by atoms with Crippen LogP contribution in [0.5, 0.6) is 0 Å². The van der Waals surface area contributed by atoms with E-state index < -0.39 is 11.7 Å². The summed E-state index contributed by atoms with van der Waals surface area (Å²) in [6, 6.07) is 9.31. The largest absolute Gasteiger partial charge is 0.366 e. The zero-order valence-electron chi connectivity index (χ0n) is 11.2. The summed E-state index contributed by atoms with van der Waals surface area (Å²) >= 11 is 0. The highest BCUT2D eigenvalue weighted by molar-refractivity contribution is 6.03. The first kappa shape index (κ1) is 13.9. The minimum absolute atomic E-state index is 0.0290. The molecule has 0 spiro atoms. The van der Waals surface area contributed by atoms with Gasteiger partial charge in [0.15, 0.2) is 5.82 Å². The Morgan fingerprint density at radius 2 is 1.75 bits per heavy atom. The SMILES string of the molecule is CC(C)Nc1ccc(NC(=O)c2ccccc2F)nn1. The summed E-state index contributed by atoms with van der Waals surface area (Å²) < 4.78 is 13.4. The van der Waals surface area contributed by atoms with E-state index in [2.05, 4.69) is 20.8 Å². The maximum atomic E-state index is 13.4. The maximum Gasteiger partial charge on any atom is 0.259 e. The fourth-order valence-electron chi connectivity index (χ4n) is 1.60. The Morgan fingerprint density at radius 1 is 1.10 bits per heavy atom. The molecule has 0 fully saturated rings. The Hall–Kier alpha value is -2.50. The van der Waals surface area contributed by atoms with E-state index in [0.29, 0.717) is 5.82 Å². The zero-order chi connectivity index (χ0) is 14.5. The van der Waals surface area contributed by atoms with Gasteiger partial charge in [-0.3, -0.25) is 4.79 Å². The molecule has 20 heavy (non-hydrogen) atoms. The lowest BCUT2D eigenvalue weighted by atomic mass is 10.2. The number of carbonyl (C=O) groups is 1. The van der Waals surface area contributed by atoms with E-state index in [1.54, 1.807) is 18.2 Å². The lowest BCUT2D eigenvalue weighted by molar-refractivity contribution is 0.102. The molecule has 0 aliphatic carbocycles. The summed E-state index contributed by atoms with van der Waals surface area (Å²) in [4.78, 5) is 11.9. The maximum absolute atomic E-state index is 13.4. The highest BCUT2D eigenvalue weighted by Crippen LogP contribution is 2.11. The van der Waals surface area contributed by atoms with Crippen LogP contribution in [0.3, 0.4) is 0 Å². The van der Waals surface area contributed by atoms with Crippen molar-refractivity contribution in [2.24, 2.45) is 0 Å². The molecule has 0 aliphatic rings. The average molecular weight is 274 g/mol. The number of hydrogen-bond acceptors (Lipinski definition) is 4. The van der Waals surface area contributed by atoms with Crippen LogP contribution in [0.25, 0.3) is 0 Å². The van der Waals surface area contributed by atoms with Gasteiger partial charge in [-0.15, -0.1) is 10.2 Å². The molecule has 104 valence electrons. The Kier molecular flexibility index (Phi) is 4.24. The highest BCUT2D eigenvalue weighted by Gasteiger charge is 2.11. The molecule has 0 aliphatic heterocycles. The third-order valence-corrected chi connectivity index (χ3v) is 2.46. The second-order valence-corrected chi connectivity index (χ2v) is 4.54. The van der Waals surface area contributed by atoms with E-state index in [0.717, 1.165) is 0 Å². The first-order valence-corrected chi connectivity index (χ1v) is 6.22. The molecule has 0 saturated heterocycles. The van der Waals surface area contributed by atoms with E-state index in [9.17, 15) is 9.18 Å². The number of carbonyl (C=O) groups excluding carboxylic acids is 1. The number of hydrogen-bond donors (Lipinski definition) is 2. The summed E-state index contributed by atoms with van der Waals surface area (Å²) in [7, 11) is 0. The third-order valence-electron chi connectivity index (χ3n) is 2.46. The second-order valence-electron chi connectivity index (χ2n) is 4.54. The van der Waals surface area contributed by atoms with E-state index in [1.807, 2.05) is 13.8 Å². The van der Waals surface area contributed by atoms with Gasteiger partial charge < -0.3 is 10.6 Å². The third kappa shape index (κ3) is 3.50. The standard InChI is InChI=1S/C14H15FN4O/c1-9(2)16-12-7-8-13(19-18-12)17-14(20)10-5-3-4-6-11(10)15/h3-9H,1-2H3,(H,16,18)(H,17,19,20). The molecule has 0 saturated carbocycles. The van der Waals surface area contributed by atoms with Crippen molar-refractivity contribution in [2.45, 2.75) is 19.9 Å². The fraction of sp³-hybridized carbons (Fsp3) is 0.214. The molecule has 6 heteroatoms. The molecule has 0 atom stereocenters. The van der Waals surface area contributed by atoms with Crippen LogP contribution in [0.1, 0.15) is 24.2 Å². The van der Waals surface area contributed by atoms with E-state index >= 15 is 0 Å². The van der Waals surface area contributed by atoms with E-state index in [4.69, 9.17) is 0 Å². The molecule has 1 heterocycles. The number of nitrogens with one attached hydrogen (secondary N) is 2. The minimum atomic E-state index is -0.573. The second kappa shape index (κ2) is 6.10. The number of rotatable bonds is 4. The molecule has 0 radical (unpaired) electrons. The molecule has 2 aromatic rings. The normalized spacial score (nSPS) is 10.4. The van der Waals surface area contributed by atoms with Gasteiger partial charge in [0.05, 0.1) is 5.56 Å². The lowest BCUT2D eigenvalue weighted by Gasteiger charge is -2.09. The number of halogens is 1. The molecular formula is C14H15FN4O. The van der Waals surface area contributed by atoms with Crippen molar-refractivity contribution in [1.29, 1.82) is 0 Å². The smallest absolute Gasteiger partial charge is 0.259 e. The van der Waals surface area contributed by atoms with Crippen LogP contribution in [-0.4, -0.2) is 22.1 Å². The summed E-state index contributed by atoms with van der Waals surface area (Å²) in [5, 5.41) is 13.4. The Morgan fingerprint density at radius 3 is 2.35 bits per heavy atom. The van der Waals surface area contributed by atoms with Gasteiger partial charge in [-0.2, -0.15) is 0 Å². The lowest BCUT2D eigenvalue weighted by Crippen LogP contribution is -2.16. The van der Waals surface area contributed by atoms with Crippen molar-refractivity contribution in [1.82, 2.24) is 10.2 Å². The molecule has 5 nitrogen and oxygen atoms in total. The summed E-state index contributed by atoms with van der Waals surface area (Å²) in [5.41, 5.74) is -0.0290. The van der Waals surface area contributed by atoms with Crippen molar-refractivity contribution in [2.75, 3.05) is 10.6 Å². The fourth-order valence-corrected chi connectivity index (χ4v) is 1.60. The Balaban J connectivity index is 2.07. The first-order chi connectivity index (χ1) is 9.56. The minimum Gasteiger partial charge on any atom is -0.366 e. The Labute approximate surface area is 116 Å². The molecule has 1 aromatic carbocycles. The van der Waals surface area contributed by atoms with Gasteiger partial charge in [-0.25, -0.2) is 4.39 Å². The van der Waals surface area contributed by atoms with Gasteiger partial charge in [-0.05, 0) is 38.1 Å². The van der Waals surface area contributed by atoms with Crippen LogP contribution in [0.4, 0.5) is 16.0 Å². The molecule has 1 amide bonds. The summed E-state index contributed by atoms with van der Waals surface area (Å²) in [6.07, 6.45) is 0. The summed E-state index contributed by atoms with van der Waals surface area (Å²) in [6.45, 7) is 3.96. The average Bonchev–Trinajstić information content (AvgIpc) is 2.41. The number of amides is 1. The molecule has 0 bridgehead atoms. The van der Waals surface area contributed by atoms with Gasteiger partial charge in [-0.1, -0.05) is 12.1 Å². The number of anilines is 2. The molecule has 1 aromatic heterocycles. The van der Waals surface area contributed by atoms with Crippen LogP contribution in [0, 0.1) is 5.82 Å². The van der Waals surface area contributed by atoms with Crippen molar-refractivity contribution in [3.8, 4) is 0 Å². The molecular weight excluding hydrogens is 259 g/mol. The predicted octanol–water partition coefficient (Wildman–Crippen LogP) is 2.69. The van der Waals surface area contributed by atoms with E-state index in [-0.39, 0.29) is 17.4 Å². The topological polar surface area (TPSA) is 66.9 Å².